The summed E-state index contributed by atoms with van der Waals surface area (Å²) in [6, 6.07) is 40.8. The number of hydrogen-bond donors (Lipinski definition) is 0. The van der Waals surface area contributed by atoms with E-state index in [1.54, 1.807) is 0 Å². The van der Waals surface area contributed by atoms with Crippen LogP contribution in [0.1, 0.15) is 38.8 Å². The van der Waals surface area contributed by atoms with Crippen molar-refractivity contribution in [3.63, 3.8) is 0 Å². The molecule has 0 bridgehead atoms. The van der Waals surface area contributed by atoms with E-state index >= 15 is 0 Å². The van der Waals surface area contributed by atoms with Crippen molar-refractivity contribution in [1.82, 2.24) is 15.0 Å². The third-order valence-electron chi connectivity index (χ3n) is 9.69. The predicted molar refractivity (Wildman–Crippen MR) is 181 cm³/mol. The second-order valence-electron chi connectivity index (χ2n) is 12.5. The molecule has 0 aliphatic heterocycles. The second-order valence-corrected chi connectivity index (χ2v) is 13.6. The normalized spacial score (nSPS) is 14.9. The van der Waals surface area contributed by atoms with Gasteiger partial charge >= 0.3 is 0 Å². The lowest BCUT2D eigenvalue weighted by atomic mass is 9.55. The molecule has 2 heterocycles. The monoisotopic (exact) mass is 573 g/mol. The average molecular weight is 574 g/mol. The van der Waals surface area contributed by atoms with Gasteiger partial charge in [-0.15, -0.1) is 11.3 Å². The second kappa shape index (κ2) is 9.42. The third kappa shape index (κ3) is 3.97. The number of rotatable bonds is 3. The average Bonchev–Trinajstić information content (AvgIpc) is 3.41. The van der Waals surface area contributed by atoms with Gasteiger partial charge in [0, 0.05) is 36.9 Å². The van der Waals surface area contributed by atoms with E-state index in [0.717, 1.165) is 16.7 Å². The Kier molecular flexibility index (Phi) is 5.69. The Labute approximate surface area is 256 Å². The topological polar surface area (TPSA) is 38.7 Å². The SMILES string of the molecule is CC1(C)c2ccccc2-c2cc3sc4ccc(-c5nc(-c6ccccc6)nc(-c6ccccc6)n5)cc4c3cc2C1(C)C. The zero-order chi connectivity index (χ0) is 29.3. The van der Waals surface area contributed by atoms with Crippen LogP contribution in [-0.2, 0) is 10.8 Å². The van der Waals surface area contributed by atoms with Crippen LogP contribution in [0.25, 0.3) is 65.5 Å². The lowest BCUT2D eigenvalue weighted by molar-refractivity contribution is 0.299. The highest BCUT2D eigenvalue weighted by Crippen LogP contribution is 2.55. The van der Waals surface area contributed by atoms with Crippen molar-refractivity contribution >= 4 is 31.5 Å². The van der Waals surface area contributed by atoms with Gasteiger partial charge < -0.3 is 0 Å². The fourth-order valence-corrected chi connectivity index (χ4v) is 7.68. The number of fused-ring (bicyclic) bond motifs is 6. The minimum atomic E-state index is -0.0415. The minimum Gasteiger partial charge on any atom is -0.208 e. The van der Waals surface area contributed by atoms with E-state index in [2.05, 4.69) is 82.3 Å². The van der Waals surface area contributed by atoms with E-state index in [4.69, 9.17) is 15.0 Å². The van der Waals surface area contributed by atoms with Gasteiger partial charge in [-0.25, -0.2) is 15.0 Å². The Morgan fingerprint density at radius 1 is 0.442 bits per heavy atom. The van der Waals surface area contributed by atoms with E-state index < -0.39 is 0 Å². The molecule has 3 nitrogen and oxygen atoms in total. The molecule has 4 heteroatoms. The highest BCUT2D eigenvalue weighted by atomic mass is 32.1. The lowest BCUT2D eigenvalue weighted by Gasteiger charge is -2.48. The largest absolute Gasteiger partial charge is 0.208 e. The number of benzene rings is 5. The standard InChI is InChI=1S/C39H31N3S/c1-38(2)31-18-12-11-17-27(31)28-23-34-30(22-32(28)39(38,3)4)29-21-26(19-20-33(29)43-34)37-41-35(24-13-7-5-8-14-24)40-36(42-37)25-15-9-6-10-16-25/h5-23H,1-4H3. The molecular formula is C39H31N3S. The van der Waals surface area contributed by atoms with Gasteiger partial charge in [0.25, 0.3) is 0 Å². The summed E-state index contributed by atoms with van der Waals surface area (Å²) in [5.41, 5.74) is 8.44. The van der Waals surface area contributed by atoms with Gasteiger partial charge in [0.2, 0.25) is 0 Å². The number of nitrogens with zero attached hydrogens (tertiary/aromatic N) is 3. The Hall–Kier alpha value is -4.67. The molecular weight excluding hydrogens is 543 g/mol. The van der Waals surface area contributed by atoms with Gasteiger partial charge in [0.1, 0.15) is 0 Å². The number of thiophene rings is 1. The van der Waals surface area contributed by atoms with Crippen LogP contribution < -0.4 is 0 Å². The number of hydrogen-bond acceptors (Lipinski definition) is 4. The molecule has 0 saturated heterocycles. The van der Waals surface area contributed by atoms with Crippen molar-refractivity contribution in [1.29, 1.82) is 0 Å². The molecule has 0 amide bonds. The van der Waals surface area contributed by atoms with Gasteiger partial charge in [0.05, 0.1) is 0 Å². The zero-order valence-corrected chi connectivity index (χ0v) is 25.5. The van der Waals surface area contributed by atoms with Crippen molar-refractivity contribution in [2.75, 3.05) is 0 Å². The number of aromatic nitrogens is 3. The van der Waals surface area contributed by atoms with E-state index in [-0.39, 0.29) is 10.8 Å². The molecule has 1 aliphatic carbocycles. The Bertz CT molecular complexity index is 2120. The van der Waals surface area contributed by atoms with Gasteiger partial charge in [-0.3, -0.25) is 0 Å². The lowest BCUT2D eigenvalue weighted by Crippen LogP contribution is -2.43. The molecule has 0 radical (unpaired) electrons. The zero-order valence-electron chi connectivity index (χ0n) is 24.7. The van der Waals surface area contributed by atoms with Crippen molar-refractivity contribution in [2.45, 2.75) is 38.5 Å². The molecule has 0 spiro atoms. The van der Waals surface area contributed by atoms with Gasteiger partial charge in [-0.05, 0) is 63.4 Å². The molecule has 0 N–H and O–H groups in total. The molecule has 1 aliphatic rings. The van der Waals surface area contributed by atoms with Crippen LogP contribution in [0.4, 0.5) is 0 Å². The molecule has 8 rings (SSSR count). The van der Waals surface area contributed by atoms with Crippen molar-refractivity contribution in [2.24, 2.45) is 0 Å². The molecule has 0 atom stereocenters. The van der Waals surface area contributed by atoms with E-state index in [9.17, 15) is 0 Å². The maximum Gasteiger partial charge on any atom is 0.164 e. The maximum atomic E-state index is 4.99. The maximum absolute atomic E-state index is 4.99. The van der Waals surface area contributed by atoms with Gasteiger partial charge in [0.15, 0.2) is 17.5 Å². The quantitative estimate of drug-likeness (QED) is 0.211. The highest BCUT2D eigenvalue weighted by Gasteiger charge is 2.45. The van der Waals surface area contributed by atoms with Crippen molar-refractivity contribution in [3.05, 3.63) is 126 Å². The van der Waals surface area contributed by atoms with Crippen molar-refractivity contribution < 1.29 is 0 Å². The smallest absolute Gasteiger partial charge is 0.164 e. The molecule has 5 aromatic carbocycles. The third-order valence-corrected chi connectivity index (χ3v) is 10.8. The first-order valence-corrected chi connectivity index (χ1v) is 15.6. The molecule has 7 aromatic rings. The molecule has 208 valence electrons. The Balaban J connectivity index is 1.34. The summed E-state index contributed by atoms with van der Waals surface area (Å²) in [5, 5.41) is 2.54. The summed E-state index contributed by atoms with van der Waals surface area (Å²) >= 11 is 1.86. The van der Waals surface area contributed by atoms with Crippen LogP contribution in [-0.4, -0.2) is 15.0 Å². The highest BCUT2D eigenvalue weighted by molar-refractivity contribution is 7.25. The first-order chi connectivity index (χ1) is 20.8. The molecule has 43 heavy (non-hydrogen) atoms. The van der Waals surface area contributed by atoms with E-state index in [1.165, 1.54) is 42.4 Å². The van der Waals surface area contributed by atoms with Crippen LogP contribution >= 0.6 is 11.3 Å². The van der Waals surface area contributed by atoms with Crippen LogP contribution in [0.5, 0.6) is 0 Å². The fraction of sp³-hybridized carbons (Fsp3) is 0.154. The molecule has 0 saturated carbocycles. The van der Waals surface area contributed by atoms with E-state index in [0.29, 0.717) is 17.5 Å². The van der Waals surface area contributed by atoms with Crippen LogP contribution in [0.3, 0.4) is 0 Å². The molecule has 2 aromatic heterocycles. The summed E-state index contributed by atoms with van der Waals surface area (Å²) in [7, 11) is 0. The van der Waals surface area contributed by atoms with E-state index in [1.807, 2.05) is 72.0 Å². The predicted octanol–water partition coefficient (Wildman–Crippen LogP) is 10.5. The first kappa shape index (κ1) is 26.0. The van der Waals surface area contributed by atoms with Gasteiger partial charge in [-0.1, -0.05) is 113 Å². The van der Waals surface area contributed by atoms with Crippen LogP contribution in [0.15, 0.2) is 115 Å². The van der Waals surface area contributed by atoms with Crippen LogP contribution in [0.2, 0.25) is 0 Å². The summed E-state index contributed by atoms with van der Waals surface area (Å²) in [6.45, 7) is 9.57. The Morgan fingerprint density at radius 3 is 1.63 bits per heavy atom. The molecule has 0 fully saturated rings. The van der Waals surface area contributed by atoms with Gasteiger partial charge in [-0.2, -0.15) is 0 Å². The summed E-state index contributed by atoms with van der Waals surface area (Å²) < 4.78 is 2.58. The Morgan fingerprint density at radius 2 is 0.977 bits per heavy atom. The first-order valence-electron chi connectivity index (χ1n) is 14.8. The summed E-state index contributed by atoms with van der Waals surface area (Å²) in [6.07, 6.45) is 0. The fourth-order valence-electron chi connectivity index (χ4n) is 6.58. The minimum absolute atomic E-state index is 0.00614. The summed E-state index contributed by atoms with van der Waals surface area (Å²) in [4.78, 5) is 14.9. The van der Waals surface area contributed by atoms with Crippen LogP contribution in [0, 0.1) is 0 Å². The molecule has 0 unspecified atom stereocenters. The summed E-state index contributed by atoms with van der Waals surface area (Å²) in [5.74, 6) is 2.04. The van der Waals surface area contributed by atoms with Crippen molar-refractivity contribution in [3.8, 4) is 45.3 Å².